The topological polar surface area (TPSA) is 52.5 Å². The number of nitrogens with two attached hydrogens (primary N) is 1. The number of pyridine rings is 1. The lowest BCUT2D eigenvalue weighted by atomic mass is 10.2. The Bertz CT molecular complexity index is 530. The highest BCUT2D eigenvalue weighted by molar-refractivity contribution is 5.66. The number of aromatic nitrogens is 2. The summed E-state index contributed by atoms with van der Waals surface area (Å²) in [5.41, 5.74) is 11.0. The zero-order chi connectivity index (χ0) is 10.4. The van der Waals surface area contributed by atoms with Gasteiger partial charge >= 0.3 is 0 Å². The number of nitrogen functional groups attached to an aromatic ring is 1. The first-order valence-corrected chi connectivity index (χ1v) is 5.09. The number of fused-ring (bicyclic) bond motifs is 3. The Hall–Kier alpha value is -1.55. The van der Waals surface area contributed by atoms with Crippen molar-refractivity contribution in [2.75, 3.05) is 12.3 Å². The van der Waals surface area contributed by atoms with Crippen molar-refractivity contribution < 1.29 is 4.74 Å². The van der Waals surface area contributed by atoms with Crippen LogP contribution in [0.4, 0.5) is 5.69 Å². The van der Waals surface area contributed by atoms with Crippen molar-refractivity contribution >= 4 is 11.3 Å². The van der Waals surface area contributed by atoms with Crippen molar-refractivity contribution in [3.8, 4) is 0 Å². The summed E-state index contributed by atoms with van der Waals surface area (Å²) in [5.74, 6) is 0. The predicted octanol–water partition coefficient (Wildman–Crippen LogP) is 1.30. The van der Waals surface area contributed by atoms with E-state index in [1.807, 2.05) is 13.0 Å². The van der Waals surface area contributed by atoms with Gasteiger partial charge in [-0.15, -0.1) is 0 Å². The standard InChI is InChI=1S/C11H13N3O/c1-7-4-8(12)11-13-9-2-3-15-6-10(9)14(11)5-7/h4-5H,2-3,6,12H2,1H3. The minimum atomic E-state index is 0.638. The van der Waals surface area contributed by atoms with E-state index in [-0.39, 0.29) is 0 Å². The first kappa shape index (κ1) is 8.73. The van der Waals surface area contributed by atoms with Crippen LogP contribution >= 0.6 is 0 Å². The Morgan fingerprint density at radius 3 is 3.27 bits per heavy atom. The van der Waals surface area contributed by atoms with Crippen LogP contribution in [0.2, 0.25) is 0 Å². The van der Waals surface area contributed by atoms with Crippen molar-refractivity contribution in [3.05, 3.63) is 29.2 Å². The summed E-state index contributed by atoms with van der Waals surface area (Å²) < 4.78 is 7.50. The van der Waals surface area contributed by atoms with Crippen molar-refractivity contribution in [1.82, 2.24) is 9.38 Å². The number of nitrogens with zero attached hydrogens (tertiary/aromatic N) is 2. The smallest absolute Gasteiger partial charge is 0.160 e. The van der Waals surface area contributed by atoms with E-state index in [4.69, 9.17) is 10.5 Å². The molecule has 78 valence electrons. The molecule has 1 aliphatic rings. The van der Waals surface area contributed by atoms with Crippen LogP contribution < -0.4 is 5.73 Å². The number of imidazole rings is 1. The van der Waals surface area contributed by atoms with E-state index < -0.39 is 0 Å². The Kier molecular flexibility index (Phi) is 1.73. The summed E-state index contributed by atoms with van der Waals surface area (Å²) in [7, 11) is 0. The van der Waals surface area contributed by atoms with Gasteiger partial charge in [0.25, 0.3) is 0 Å². The highest BCUT2D eigenvalue weighted by Gasteiger charge is 2.17. The molecular weight excluding hydrogens is 190 g/mol. The molecule has 0 saturated carbocycles. The maximum atomic E-state index is 5.94. The van der Waals surface area contributed by atoms with E-state index in [0.717, 1.165) is 41.3 Å². The van der Waals surface area contributed by atoms with E-state index >= 15 is 0 Å². The molecule has 0 amide bonds. The van der Waals surface area contributed by atoms with Gasteiger partial charge in [0.1, 0.15) is 0 Å². The Morgan fingerprint density at radius 1 is 1.53 bits per heavy atom. The first-order valence-electron chi connectivity index (χ1n) is 5.09. The number of aryl methyl sites for hydroxylation is 1. The van der Waals surface area contributed by atoms with Crippen molar-refractivity contribution in [3.63, 3.8) is 0 Å². The molecule has 1 aliphatic heterocycles. The molecule has 0 atom stereocenters. The van der Waals surface area contributed by atoms with Gasteiger partial charge in [-0.25, -0.2) is 4.98 Å². The fraction of sp³-hybridized carbons (Fsp3) is 0.364. The predicted molar refractivity (Wildman–Crippen MR) is 57.7 cm³/mol. The van der Waals surface area contributed by atoms with Crippen LogP contribution in [0, 0.1) is 6.92 Å². The molecule has 3 heterocycles. The molecule has 0 bridgehead atoms. The quantitative estimate of drug-likeness (QED) is 0.702. The lowest BCUT2D eigenvalue weighted by Gasteiger charge is -2.11. The average molecular weight is 203 g/mol. The second kappa shape index (κ2) is 2.97. The number of rotatable bonds is 0. The molecule has 2 N–H and O–H groups in total. The van der Waals surface area contributed by atoms with E-state index in [1.165, 1.54) is 0 Å². The highest BCUT2D eigenvalue weighted by atomic mass is 16.5. The fourth-order valence-corrected chi connectivity index (χ4v) is 2.10. The molecular formula is C11H13N3O. The molecule has 0 spiro atoms. The van der Waals surface area contributed by atoms with Crippen LogP contribution in [-0.2, 0) is 17.8 Å². The third kappa shape index (κ3) is 1.22. The molecule has 2 aromatic rings. The van der Waals surface area contributed by atoms with E-state index in [2.05, 4.69) is 15.6 Å². The maximum absolute atomic E-state index is 5.94. The maximum Gasteiger partial charge on any atom is 0.160 e. The molecule has 4 heteroatoms. The van der Waals surface area contributed by atoms with E-state index in [9.17, 15) is 0 Å². The zero-order valence-electron chi connectivity index (χ0n) is 8.66. The molecule has 3 rings (SSSR count). The van der Waals surface area contributed by atoms with Gasteiger partial charge in [-0.05, 0) is 18.6 Å². The molecule has 0 radical (unpaired) electrons. The molecule has 0 fully saturated rings. The van der Waals surface area contributed by atoms with Gasteiger partial charge in [0.15, 0.2) is 5.65 Å². The Labute approximate surface area is 87.7 Å². The normalized spacial score (nSPS) is 15.5. The molecule has 4 nitrogen and oxygen atoms in total. The van der Waals surface area contributed by atoms with Crippen LogP contribution in [0.15, 0.2) is 12.3 Å². The molecule has 0 saturated heterocycles. The number of anilines is 1. The second-order valence-corrected chi connectivity index (χ2v) is 3.97. The van der Waals surface area contributed by atoms with Crippen LogP contribution in [0.25, 0.3) is 5.65 Å². The van der Waals surface area contributed by atoms with Crippen LogP contribution in [-0.4, -0.2) is 16.0 Å². The third-order valence-electron chi connectivity index (χ3n) is 2.79. The molecule has 0 aromatic carbocycles. The summed E-state index contributed by atoms with van der Waals surface area (Å²) in [6.45, 7) is 3.43. The summed E-state index contributed by atoms with van der Waals surface area (Å²) in [6, 6.07) is 1.95. The van der Waals surface area contributed by atoms with Crippen LogP contribution in [0.1, 0.15) is 17.0 Å². The van der Waals surface area contributed by atoms with Crippen molar-refractivity contribution in [2.45, 2.75) is 20.0 Å². The first-order chi connectivity index (χ1) is 7.25. The zero-order valence-corrected chi connectivity index (χ0v) is 8.66. The second-order valence-electron chi connectivity index (χ2n) is 3.97. The lowest BCUT2D eigenvalue weighted by Crippen LogP contribution is -2.10. The van der Waals surface area contributed by atoms with E-state index in [0.29, 0.717) is 6.61 Å². The largest absolute Gasteiger partial charge is 0.396 e. The van der Waals surface area contributed by atoms with Gasteiger partial charge in [-0.1, -0.05) is 0 Å². The van der Waals surface area contributed by atoms with Gasteiger partial charge in [-0.2, -0.15) is 0 Å². The van der Waals surface area contributed by atoms with Gasteiger partial charge < -0.3 is 10.5 Å². The fourth-order valence-electron chi connectivity index (χ4n) is 2.10. The average Bonchev–Trinajstić information content (AvgIpc) is 2.57. The number of hydrogen-bond donors (Lipinski definition) is 1. The Morgan fingerprint density at radius 2 is 2.40 bits per heavy atom. The molecule has 0 aliphatic carbocycles. The Balaban J connectivity index is 2.37. The molecule has 2 aromatic heterocycles. The summed E-state index contributed by atoms with van der Waals surface area (Å²) in [5, 5.41) is 0. The van der Waals surface area contributed by atoms with Crippen molar-refractivity contribution in [2.24, 2.45) is 0 Å². The number of hydrogen-bond acceptors (Lipinski definition) is 3. The monoisotopic (exact) mass is 203 g/mol. The molecule has 15 heavy (non-hydrogen) atoms. The lowest BCUT2D eigenvalue weighted by molar-refractivity contribution is 0.106. The summed E-state index contributed by atoms with van der Waals surface area (Å²) in [4.78, 5) is 4.55. The van der Waals surface area contributed by atoms with E-state index in [1.54, 1.807) is 0 Å². The van der Waals surface area contributed by atoms with Gasteiger partial charge in [-0.3, -0.25) is 4.40 Å². The highest BCUT2D eigenvalue weighted by Crippen LogP contribution is 2.22. The van der Waals surface area contributed by atoms with Crippen LogP contribution in [0.3, 0.4) is 0 Å². The summed E-state index contributed by atoms with van der Waals surface area (Å²) >= 11 is 0. The van der Waals surface area contributed by atoms with Gasteiger partial charge in [0.2, 0.25) is 0 Å². The van der Waals surface area contributed by atoms with Gasteiger partial charge in [0, 0.05) is 12.6 Å². The van der Waals surface area contributed by atoms with Gasteiger partial charge in [0.05, 0.1) is 30.3 Å². The van der Waals surface area contributed by atoms with Crippen LogP contribution in [0.5, 0.6) is 0 Å². The number of ether oxygens (including phenoxy) is 1. The minimum Gasteiger partial charge on any atom is -0.396 e. The molecule has 0 unspecified atom stereocenters. The SMILES string of the molecule is Cc1cc(N)c2nc3c(n2c1)COCC3. The van der Waals surface area contributed by atoms with Crippen molar-refractivity contribution in [1.29, 1.82) is 0 Å². The third-order valence-corrected chi connectivity index (χ3v) is 2.79. The summed E-state index contributed by atoms with van der Waals surface area (Å²) in [6.07, 6.45) is 2.95. The minimum absolute atomic E-state index is 0.638.